The van der Waals surface area contributed by atoms with E-state index in [2.05, 4.69) is 20.8 Å². The Kier molecular flexibility index (Phi) is 6.82. The van der Waals surface area contributed by atoms with Crippen molar-refractivity contribution in [2.24, 2.45) is 17.8 Å². The highest BCUT2D eigenvalue weighted by molar-refractivity contribution is 6.33. The molecule has 0 aromatic heterocycles. The molecule has 4 nitrogen and oxygen atoms in total. The second-order valence-electron chi connectivity index (χ2n) is 7.03. The van der Waals surface area contributed by atoms with E-state index in [0.29, 0.717) is 17.8 Å². The van der Waals surface area contributed by atoms with Crippen LogP contribution in [-0.4, -0.2) is 24.6 Å². The molecule has 0 amide bonds. The van der Waals surface area contributed by atoms with E-state index in [1.165, 1.54) is 12.1 Å². The first-order chi connectivity index (χ1) is 11.8. The van der Waals surface area contributed by atoms with Gasteiger partial charge < -0.3 is 9.47 Å². The van der Waals surface area contributed by atoms with E-state index in [1.54, 1.807) is 0 Å². The summed E-state index contributed by atoms with van der Waals surface area (Å²) in [6.45, 7) is 5.81. The third kappa shape index (κ3) is 5.18. The fraction of sp³-hybridized carbons (Fsp3) is 0.579. The summed E-state index contributed by atoms with van der Waals surface area (Å²) in [6, 6.07) is 3.88. The first-order valence-corrected chi connectivity index (χ1v) is 8.98. The molecule has 2 rings (SSSR count). The normalized spacial score (nSPS) is 23.4. The number of halogens is 2. The number of rotatable bonds is 5. The van der Waals surface area contributed by atoms with E-state index < -0.39 is 24.4 Å². The van der Waals surface area contributed by atoms with Gasteiger partial charge in [0, 0.05) is 0 Å². The van der Waals surface area contributed by atoms with Crippen molar-refractivity contribution in [3.63, 3.8) is 0 Å². The third-order valence-corrected chi connectivity index (χ3v) is 5.05. The Bertz CT molecular complexity index is 612. The summed E-state index contributed by atoms with van der Waals surface area (Å²) < 4.78 is 24.1. The lowest BCUT2D eigenvalue weighted by Gasteiger charge is -2.36. The van der Waals surface area contributed by atoms with Crippen LogP contribution in [0.3, 0.4) is 0 Å². The van der Waals surface area contributed by atoms with Crippen LogP contribution in [0.15, 0.2) is 18.2 Å². The fourth-order valence-electron chi connectivity index (χ4n) is 3.34. The zero-order valence-electron chi connectivity index (χ0n) is 14.8. The molecule has 1 aliphatic carbocycles. The van der Waals surface area contributed by atoms with Crippen molar-refractivity contribution in [2.45, 2.75) is 46.1 Å². The van der Waals surface area contributed by atoms with Crippen LogP contribution >= 0.6 is 11.6 Å². The molecule has 1 aliphatic rings. The minimum Gasteiger partial charge on any atom is -0.460 e. The van der Waals surface area contributed by atoms with Crippen LogP contribution in [0.1, 0.15) is 50.4 Å². The van der Waals surface area contributed by atoms with Gasteiger partial charge in [-0.05, 0) is 42.7 Å². The van der Waals surface area contributed by atoms with Crippen molar-refractivity contribution in [3.8, 4) is 0 Å². The first-order valence-electron chi connectivity index (χ1n) is 8.60. The summed E-state index contributed by atoms with van der Waals surface area (Å²) in [6.07, 6.45) is 2.77. The summed E-state index contributed by atoms with van der Waals surface area (Å²) >= 11 is 5.81. The lowest BCUT2D eigenvalue weighted by atomic mass is 9.75. The number of hydrogen-bond acceptors (Lipinski definition) is 4. The van der Waals surface area contributed by atoms with Crippen molar-refractivity contribution in [2.75, 3.05) is 6.61 Å². The predicted molar refractivity (Wildman–Crippen MR) is 92.9 cm³/mol. The molecule has 0 spiro atoms. The molecule has 0 saturated heterocycles. The Balaban J connectivity index is 1.92. The first kappa shape index (κ1) is 19.7. The summed E-state index contributed by atoms with van der Waals surface area (Å²) in [4.78, 5) is 24.0. The summed E-state index contributed by atoms with van der Waals surface area (Å²) in [5, 5.41) is -0.0562. The average Bonchev–Trinajstić information content (AvgIpc) is 2.52. The molecule has 1 aromatic rings. The third-order valence-electron chi connectivity index (χ3n) is 4.73. The van der Waals surface area contributed by atoms with E-state index in [4.69, 9.17) is 21.1 Å². The topological polar surface area (TPSA) is 52.6 Å². The monoisotopic (exact) mass is 370 g/mol. The number of carbonyl (C=O) groups is 2. The van der Waals surface area contributed by atoms with Crippen molar-refractivity contribution in [1.29, 1.82) is 0 Å². The van der Waals surface area contributed by atoms with Gasteiger partial charge >= 0.3 is 11.9 Å². The van der Waals surface area contributed by atoms with Crippen LogP contribution in [0.4, 0.5) is 4.39 Å². The van der Waals surface area contributed by atoms with Gasteiger partial charge in [-0.25, -0.2) is 14.0 Å². The van der Waals surface area contributed by atoms with Gasteiger partial charge in [0.2, 0.25) is 0 Å². The predicted octanol–water partition coefficient (Wildman–Crippen LogP) is 4.64. The van der Waals surface area contributed by atoms with Crippen LogP contribution in [0.25, 0.3) is 0 Å². The summed E-state index contributed by atoms with van der Waals surface area (Å²) in [5.74, 6) is -1.18. The lowest BCUT2D eigenvalue weighted by molar-refractivity contribution is -0.159. The second-order valence-corrected chi connectivity index (χ2v) is 7.43. The van der Waals surface area contributed by atoms with Crippen LogP contribution in [0.2, 0.25) is 5.02 Å². The molecule has 1 saturated carbocycles. The largest absolute Gasteiger partial charge is 0.460 e. The van der Waals surface area contributed by atoms with Gasteiger partial charge in [-0.2, -0.15) is 0 Å². The van der Waals surface area contributed by atoms with E-state index in [1.807, 2.05) is 0 Å². The van der Waals surface area contributed by atoms with Gasteiger partial charge in [0.15, 0.2) is 6.61 Å². The van der Waals surface area contributed by atoms with Crippen molar-refractivity contribution >= 4 is 23.5 Å². The minimum atomic E-state index is -0.975. The molecule has 0 heterocycles. The van der Waals surface area contributed by atoms with Gasteiger partial charge in [0.25, 0.3) is 0 Å². The molecule has 6 heteroatoms. The Hall–Kier alpha value is -1.62. The molecule has 138 valence electrons. The van der Waals surface area contributed by atoms with Crippen molar-refractivity contribution in [1.82, 2.24) is 0 Å². The number of esters is 2. The lowest BCUT2D eigenvalue weighted by Crippen LogP contribution is -2.36. The molecule has 1 aromatic carbocycles. The molecule has 25 heavy (non-hydrogen) atoms. The van der Waals surface area contributed by atoms with Gasteiger partial charge in [-0.1, -0.05) is 44.9 Å². The summed E-state index contributed by atoms with van der Waals surface area (Å²) in [5.41, 5.74) is -0.372. The molecule has 0 aliphatic heterocycles. The molecular formula is C19H24ClFO4. The van der Waals surface area contributed by atoms with Crippen LogP contribution in [0, 0.1) is 23.6 Å². The zero-order chi connectivity index (χ0) is 18.6. The van der Waals surface area contributed by atoms with Gasteiger partial charge in [-0.3, -0.25) is 0 Å². The van der Waals surface area contributed by atoms with Crippen molar-refractivity contribution < 1.29 is 23.5 Å². The average molecular weight is 371 g/mol. The van der Waals surface area contributed by atoms with Crippen molar-refractivity contribution in [3.05, 3.63) is 34.6 Å². The van der Waals surface area contributed by atoms with E-state index >= 15 is 0 Å². The smallest absolute Gasteiger partial charge is 0.344 e. The Morgan fingerprint density at radius 3 is 2.68 bits per heavy atom. The SMILES string of the molecule is CC(C)[C@@H]1CC[C@@H](C)C[C@@H]1OC(=O)COC(=O)c1c(F)cccc1Cl. The van der Waals surface area contributed by atoms with Crippen LogP contribution < -0.4 is 0 Å². The maximum Gasteiger partial charge on any atom is 0.344 e. The highest BCUT2D eigenvalue weighted by atomic mass is 35.5. The van der Waals surface area contributed by atoms with Crippen LogP contribution in [0.5, 0.6) is 0 Å². The molecular weight excluding hydrogens is 347 g/mol. The molecule has 0 bridgehead atoms. The number of hydrogen-bond donors (Lipinski definition) is 0. The number of ether oxygens (including phenoxy) is 2. The fourth-order valence-corrected chi connectivity index (χ4v) is 3.58. The second kappa shape index (κ2) is 8.65. The molecule has 0 N–H and O–H groups in total. The van der Waals surface area contributed by atoms with E-state index in [-0.39, 0.29) is 16.7 Å². The number of carbonyl (C=O) groups excluding carboxylic acids is 2. The summed E-state index contributed by atoms with van der Waals surface area (Å²) in [7, 11) is 0. The standard InChI is InChI=1S/C19H24ClFO4/c1-11(2)13-8-7-12(3)9-16(13)25-17(22)10-24-19(23)18-14(20)5-4-6-15(18)21/h4-6,11-13,16H,7-10H2,1-3H3/t12-,13+,16+/m1/s1. The molecule has 0 radical (unpaired) electrons. The zero-order valence-corrected chi connectivity index (χ0v) is 15.5. The van der Waals surface area contributed by atoms with Gasteiger partial charge in [-0.15, -0.1) is 0 Å². The molecule has 0 unspecified atom stereocenters. The highest BCUT2D eigenvalue weighted by Gasteiger charge is 2.33. The van der Waals surface area contributed by atoms with E-state index in [0.717, 1.165) is 25.3 Å². The maximum atomic E-state index is 13.7. The highest BCUT2D eigenvalue weighted by Crippen LogP contribution is 2.35. The van der Waals surface area contributed by atoms with Gasteiger partial charge in [0.05, 0.1) is 5.02 Å². The van der Waals surface area contributed by atoms with E-state index in [9.17, 15) is 14.0 Å². The maximum absolute atomic E-state index is 13.7. The number of benzene rings is 1. The Labute approximate surface area is 152 Å². The Morgan fingerprint density at radius 1 is 1.32 bits per heavy atom. The molecule has 1 fully saturated rings. The Morgan fingerprint density at radius 2 is 2.04 bits per heavy atom. The minimum absolute atomic E-state index is 0.0562. The van der Waals surface area contributed by atoms with Gasteiger partial charge in [0.1, 0.15) is 17.5 Å². The quantitative estimate of drug-likeness (QED) is 0.708. The molecule has 3 atom stereocenters. The van der Waals surface area contributed by atoms with Crippen LogP contribution in [-0.2, 0) is 14.3 Å².